The van der Waals surface area contributed by atoms with Crippen LogP contribution in [0.4, 0.5) is 16.2 Å². The van der Waals surface area contributed by atoms with E-state index in [0.29, 0.717) is 16.9 Å². The van der Waals surface area contributed by atoms with Gasteiger partial charge in [0.1, 0.15) is 0 Å². The van der Waals surface area contributed by atoms with Crippen LogP contribution in [0, 0.1) is 11.8 Å². The molecule has 3 aromatic carbocycles. The summed E-state index contributed by atoms with van der Waals surface area (Å²) in [6.07, 6.45) is 0. The van der Waals surface area contributed by atoms with Gasteiger partial charge < -0.3 is 16.4 Å². The molecule has 3 rings (SSSR count). The molecule has 0 saturated carbocycles. The number of hydrogen-bond acceptors (Lipinski definition) is 2. The lowest BCUT2D eigenvalue weighted by Crippen LogP contribution is -2.19. The lowest BCUT2D eigenvalue weighted by molar-refractivity contribution is 0.102. The zero-order chi connectivity index (χ0) is 19.1. The summed E-state index contributed by atoms with van der Waals surface area (Å²) in [7, 11) is 0. The molecule has 3 amide bonds. The molecule has 0 heterocycles. The van der Waals surface area contributed by atoms with Gasteiger partial charge in [-0.3, -0.25) is 4.79 Å². The zero-order valence-corrected chi connectivity index (χ0v) is 14.4. The summed E-state index contributed by atoms with van der Waals surface area (Å²) in [5.74, 6) is 5.92. The fourth-order valence-electron chi connectivity index (χ4n) is 2.39. The molecule has 0 aliphatic rings. The Bertz CT molecular complexity index is 1020. The Labute approximate surface area is 157 Å². The van der Waals surface area contributed by atoms with Crippen molar-refractivity contribution < 1.29 is 9.59 Å². The highest BCUT2D eigenvalue weighted by molar-refractivity contribution is 6.04. The average Bonchev–Trinajstić information content (AvgIpc) is 2.67. The van der Waals surface area contributed by atoms with Gasteiger partial charge in [-0.1, -0.05) is 36.1 Å². The highest BCUT2D eigenvalue weighted by Crippen LogP contribution is 2.14. The Morgan fingerprint density at radius 3 is 2.07 bits per heavy atom. The Kier molecular flexibility index (Phi) is 5.51. The van der Waals surface area contributed by atoms with Crippen LogP contribution in [-0.2, 0) is 0 Å². The van der Waals surface area contributed by atoms with Crippen molar-refractivity contribution >= 4 is 23.3 Å². The van der Waals surface area contributed by atoms with Gasteiger partial charge in [0.25, 0.3) is 5.91 Å². The Morgan fingerprint density at radius 2 is 1.37 bits per heavy atom. The second-order valence-electron chi connectivity index (χ2n) is 5.72. The summed E-state index contributed by atoms with van der Waals surface area (Å²) in [6.45, 7) is 0. The fraction of sp³-hybridized carbons (Fsp3) is 0. The van der Waals surface area contributed by atoms with Gasteiger partial charge in [0.15, 0.2) is 0 Å². The lowest BCUT2D eigenvalue weighted by Gasteiger charge is -2.07. The second-order valence-corrected chi connectivity index (χ2v) is 5.72. The number of carbonyl (C=O) groups is 2. The summed E-state index contributed by atoms with van der Waals surface area (Å²) in [5, 5.41) is 5.29. The second kappa shape index (κ2) is 8.37. The van der Waals surface area contributed by atoms with Crippen LogP contribution >= 0.6 is 0 Å². The number of anilines is 2. The molecular formula is C22H17N3O2. The molecule has 0 unspecified atom stereocenters. The Balaban J connectivity index is 1.70. The van der Waals surface area contributed by atoms with Crippen LogP contribution in [0.2, 0.25) is 0 Å². The number of nitrogens with one attached hydrogen (secondary N) is 2. The van der Waals surface area contributed by atoms with E-state index >= 15 is 0 Å². The lowest BCUT2D eigenvalue weighted by atomic mass is 10.1. The van der Waals surface area contributed by atoms with Gasteiger partial charge >= 0.3 is 6.03 Å². The SMILES string of the molecule is NC(=O)Nc1ccc(C(=O)Nc2cccc(C#Cc3ccccc3)c2)cc1. The quantitative estimate of drug-likeness (QED) is 0.624. The van der Waals surface area contributed by atoms with Crippen molar-refractivity contribution in [1.82, 2.24) is 0 Å². The van der Waals surface area contributed by atoms with Crippen LogP contribution in [0.25, 0.3) is 0 Å². The van der Waals surface area contributed by atoms with E-state index in [-0.39, 0.29) is 5.91 Å². The van der Waals surface area contributed by atoms with Gasteiger partial charge in [0, 0.05) is 28.1 Å². The van der Waals surface area contributed by atoms with Gasteiger partial charge in [-0.2, -0.15) is 0 Å². The monoisotopic (exact) mass is 355 g/mol. The van der Waals surface area contributed by atoms with E-state index in [1.165, 1.54) is 0 Å². The molecular weight excluding hydrogens is 338 g/mol. The van der Waals surface area contributed by atoms with Gasteiger partial charge in [-0.15, -0.1) is 0 Å². The van der Waals surface area contributed by atoms with E-state index in [9.17, 15) is 9.59 Å². The van der Waals surface area contributed by atoms with E-state index in [0.717, 1.165) is 11.1 Å². The van der Waals surface area contributed by atoms with Crippen LogP contribution < -0.4 is 16.4 Å². The average molecular weight is 355 g/mol. The van der Waals surface area contributed by atoms with E-state index < -0.39 is 6.03 Å². The van der Waals surface area contributed by atoms with Crippen molar-refractivity contribution in [3.63, 3.8) is 0 Å². The number of nitrogens with two attached hydrogens (primary N) is 1. The number of carbonyl (C=O) groups excluding carboxylic acids is 2. The van der Waals surface area contributed by atoms with Crippen molar-refractivity contribution in [2.24, 2.45) is 5.73 Å². The number of urea groups is 1. The minimum atomic E-state index is -0.652. The minimum Gasteiger partial charge on any atom is -0.351 e. The molecule has 0 atom stereocenters. The molecule has 5 nitrogen and oxygen atoms in total. The zero-order valence-electron chi connectivity index (χ0n) is 14.4. The summed E-state index contributed by atoms with van der Waals surface area (Å²) in [6, 6.07) is 22.8. The van der Waals surface area contributed by atoms with Crippen molar-refractivity contribution in [2.75, 3.05) is 10.6 Å². The summed E-state index contributed by atoms with van der Waals surface area (Å²) in [5.41, 5.74) is 8.43. The maximum absolute atomic E-state index is 12.4. The van der Waals surface area contributed by atoms with E-state index in [1.54, 1.807) is 30.3 Å². The minimum absolute atomic E-state index is 0.256. The molecule has 27 heavy (non-hydrogen) atoms. The molecule has 0 radical (unpaired) electrons. The third-order valence-corrected chi connectivity index (χ3v) is 3.66. The molecule has 0 bridgehead atoms. The molecule has 0 aliphatic heterocycles. The first-order chi connectivity index (χ1) is 13.1. The van der Waals surface area contributed by atoms with E-state index in [1.807, 2.05) is 48.5 Å². The highest BCUT2D eigenvalue weighted by Gasteiger charge is 2.06. The van der Waals surface area contributed by atoms with Crippen molar-refractivity contribution in [3.05, 3.63) is 95.6 Å². The van der Waals surface area contributed by atoms with Crippen molar-refractivity contribution in [2.45, 2.75) is 0 Å². The molecule has 0 saturated heterocycles. The van der Waals surface area contributed by atoms with E-state index in [2.05, 4.69) is 22.5 Å². The van der Waals surface area contributed by atoms with Crippen LogP contribution in [0.5, 0.6) is 0 Å². The third-order valence-electron chi connectivity index (χ3n) is 3.66. The Hall–Kier alpha value is -4.04. The maximum Gasteiger partial charge on any atom is 0.316 e. The van der Waals surface area contributed by atoms with Crippen LogP contribution in [-0.4, -0.2) is 11.9 Å². The largest absolute Gasteiger partial charge is 0.351 e. The van der Waals surface area contributed by atoms with Gasteiger partial charge in [-0.05, 0) is 54.6 Å². The van der Waals surface area contributed by atoms with Crippen molar-refractivity contribution in [1.29, 1.82) is 0 Å². The van der Waals surface area contributed by atoms with Gasteiger partial charge in [0.2, 0.25) is 0 Å². The first-order valence-corrected chi connectivity index (χ1v) is 8.25. The topological polar surface area (TPSA) is 84.2 Å². The first-order valence-electron chi connectivity index (χ1n) is 8.25. The normalized spacial score (nSPS) is 9.63. The standard InChI is InChI=1S/C22H17N3O2/c23-22(27)25-19-13-11-18(12-14-19)21(26)24-20-8-4-7-17(15-20)10-9-16-5-2-1-3-6-16/h1-8,11-15H,(H,24,26)(H3,23,25,27). The van der Waals surface area contributed by atoms with Crippen LogP contribution in [0.3, 0.4) is 0 Å². The smallest absolute Gasteiger partial charge is 0.316 e. The number of primary amides is 1. The fourth-order valence-corrected chi connectivity index (χ4v) is 2.39. The summed E-state index contributed by atoms with van der Waals surface area (Å²) >= 11 is 0. The number of benzene rings is 3. The van der Waals surface area contributed by atoms with Crippen LogP contribution in [0.1, 0.15) is 21.5 Å². The summed E-state index contributed by atoms with van der Waals surface area (Å²) in [4.78, 5) is 23.2. The van der Waals surface area contributed by atoms with Crippen LogP contribution in [0.15, 0.2) is 78.9 Å². The van der Waals surface area contributed by atoms with E-state index in [4.69, 9.17) is 5.73 Å². The molecule has 5 heteroatoms. The Morgan fingerprint density at radius 1 is 0.704 bits per heavy atom. The van der Waals surface area contributed by atoms with Gasteiger partial charge in [-0.25, -0.2) is 4.79 Å². The molecule has 0 spiro atoms. The first kappa shape index (κ1) is 17.8. The number of hydrogen-bond donors (Lipinski definition) is 3. The molecule has 0 fully saturated rings. The molecule has 132 valence electrons. The van der Waals surface area contributed by atoms with Crippen molar-refractivity contribution in [3.8, 4) is 11.8 Å². The highest BCUT2D eigenvalue weighted by atomic mass is 16.2. The predicted octanol–water partition coefficient (Wildman–Crippen LogP) is 3.83. The predicted molar refractivity (Wildman–Crippen MR) is 106 cm³/mol. The number of amides is 3. The molecule has 3 aromatic rings. The summed E-state index contributed by atoms with van der Waals surface area (Å²) < 4.78 is 0. The third kappa shape index (κ3) is 5.21. The van der Waals surface area contributed by atoms with Gasteiger partial charge in [0.05, 0.1) is 0 Å². The number of rotatable bonds is 3. The maximum atomic E-state index is 12.4. The molecule has 4 N–H and O–H groups in total. The molecule has 0 aliphatic carbocycles. The molecule has 0 aromatic heterocycles.